The van der Waals surface area contributed by atoms with Crippen molar-refractivity contribution in [2.45, 2.75) is 56.2 Å². The maximum atomic E-state index is 12.1. The molecule has 2 rings (SSSR count). The number of aromatic nitrogens is 2. The van der Waals surface area contributed by atoms with E-state index >= 15 is 0 Å². The minimum atomic E-state index is -3.62. The molecule has 0 spiro atoms. The summed E-state index contributed by atoms with van der Waals surface area (Å²) in [6.45, 7) is 1.69. The molecule has 3 N–H and O–H groups in total. The molecule has 1 saturated carbocycles. The van der Waals surface area contributed by atoms with E-state index in [0.717, 1.165) is 19.3 Å². The van der Waals surface area contributed by atoms with Crippen molar-refractivity contribution in [2.24, 2.45) is 0 Å². The molecule has 102 valence electrons. The van der Waals surface area contributed by atoms with Gasteiger partial charge in [-0.25, -0.2) is 18.1 Å². The molecule has 18 heavy (non-hydrogen) atoms. The van der Waals surface area contributed by atoms with Gasteiger partial charge in [0, 0.05) is 6.04 Å². The lowest BCUT2D eigenvalue weighted by Gasteiger charge is -2.20. The van der Waals surface area contributed by atoms with Gasteiger partial charge in [0.25, 0.3) is 10.0 Å². The molecule has 0 saturated heterocycles. The second kappa shape index (κ2) is 5.38. The van der Waals surface area contributed by atoms with Crippen molar-refractivity contribution in [3.63, 3.8) is 0 Å². The average Bonchev–Trinajstić information content (AvgIpc) is 2.65. The Morgan fingerprint density at radius 3 is 2.78 bits per heavy atom. The van der Waals surface area contributed by atoms with Crippen LogP contribution in [0.25, 0.3) is 0 Å². The van der Waals surface area contributed by atoms with Gasteiger partial charge in [-0.05, 0) is 19.8 Å². The number of imidazole rings is 1. The number of aromatic amines is 1. The number of hydrogen-bond acceptors (Lipinski definition) is 4. The Labute approximate surface area is 107 Å². The molecule has 2 atom stereocenters. The molecule has 2 unspecified atom stereocenters. The number of aliphatic hydroxyl groups is 1. The molecule has 6 nitrogen and oxygen atoms in total. The summed E-state index contributed by atoms with van der Waals surface area (Å²) in [5, 5.41) is 9.96. The van der Waals surface area contributed by atoms with Crippen molar-refractivity contribution in [2.75, 3.05) is 0 Å². The van der Waals surface area contributed by atoms with Gasteiger partial charge < -0.3 is 10.1 Å². The molecule has 0 radical (unpaired) electrons. The van der Waals surface area contributed by atoms with Crippen LogP contribution in [0.5, 0.6) is 0 Å². The topological polar surface area (TPSA) is 95.1 Å². The third-order valence-electron chi connectivity index (χ3n) is 3.26. The van der Waals surface area contributed by atoms with Crippen molar-refractivity contribution >= 4 is 10.0 Å². The summed E-state index contributed by atoms with van der Waals surface area (Å²) < 4.78 is 26.7. The lowest BCUT2D eigenvalue weighted by molar-refractivity contribution is 0.130. The van der Waals surface area contributed by atoms with Gasteiger partial charge in [0.05, 0.1) is 12.3 Å². The predicted octanol–water partition coefficient (Wildman–Crippen LogP) is 0.690. The number of nitrogens with one attached hydrogen (secondary N) is 2. The summed E-state index contributed by atoms with van der Waals surface area (Å²) in [6.07, 6.45) is 4.93. The molecular formula is C11H19N3O3S. The van der Waals surface area contributed by atoms with Crippen LogP contribution in [0.3, 0.4) is 0 Å². The summed E-state index contributed by atoms with van der Waals surface area (Å²) in [5.74, 6) is 0.553. The van der Waals surface area contributed by atoms with E-state index in [0.29, 0.717) is 18.7 Å². The quantitative estimate of drug-likeness (QED) is 0.706. The molecule has 1 fully saturated rings. The Kier molecular flexibility index (Phi) is 4.04. The third kappa shape index (κ3) is 3.09. The first-order chi connectivity index (χ1) is 8.49. The molecule has 0 aliphatic heterocycles. The van der Waals surface area contributed by atoms with Gasteiger partial charge in [-0.2, -0.15) is 0 Å². The van der Waals surface area contributed by atoms with Crippen molar-refractivity contribution in [1.82, 2.24) is 14.7 Å². The van der Waals surface area contributed by atoms with Gasteiger partial charge in [0.15, 0.2) is 5.03 Å². The van der Waals surface area contributed by atoms with Crippen LogP contribution in [0.4, 0.5) is 0 Å². The van der Waals surface area contributed by atoms with Crippen LogP contribution in [-0.4, -0.2) is 35.6 Å². The fourth-order valence-corrected chi connectivity index (χ4v) is 3.50. The largest absolute Gasteiger partial charge is 0.391 e. The molecule has 1 aromatic rings. The zero-order valence-corrected chi connectivity index (χ0v) is 11.2. The van der Waals surface area contributed by atoms with Gasteiger partial charge in [0.2, 0.25) is 0 Å². The average molecular weight is 273 g/mol. The number of hydrogen-bond donors (Lipinski definition) is 3. The van der Waals surface area contributed by atoms with Crippen molar-refractivity contribution in [3.8, 4) is 0 Å². The van der Waals surface area contributed by atoms with Crippen LogP contribution in [-0.2, 0) is 10.0 Å². The van der Waals surface area contributed by atoms with E-state index in [-0.39, 0.29) is 5.03 Å². The van der Waals surface area contributed by atoms with E-state index in [2.05, 4.69) is 14.7 Å². The van der Waals surface area contributed by atoms with Gasteiger partial charge in [0.1, 0.15) is 5.82 Å². The third-order valence-corrected chi connectivity index (χ3v) is 4.65. The van der Waals surface area contributed by atoms with E-state index in [1.165, 1.54) is 6.20 Å². The van der Waals surface area contributed by atoms with Crippen molar-refractivity contribution in [1.29, 1.82) is 0 Å². The minimum absolute atomic E-state index is 0.0523. The standard InChI is InChI=1S/C11H19N3O3S/c1-8-12-7-11(13-8)18(16,17)14-9-5-3-2-4-6-10(9)15/h7,9-10,14-15H,2-6H2,1H3,(H,12,13). The van der Waals surface area contributed by atoms with Crippen LogP contribution >= 0.6 is 0 Å². The van der Waals surface area contributed by atoms with Gasteiger partial charge >= 0.3 is 0 Å². The number of aryl methyl sites for hydroxylation is 1. The van der Waals surface area contributed by atoms with E-state index in [1.807, 2.05) is 0 Å². The Hall–Kier alpha value is -0.920. The van der Waals surface area contributed by atoms with Crippen molar-refractivity contribution < 1.29 is 13.5 Å². The maximum Gasteiger partial charge on any atom is 0.257 e. The zero-order chi connectivity index (χ0) is 13.2. The highest BCUT2D eigenvalue weighted by molar-refractivity contribution is 7.89. The fourth-order valence-electron chi connectivity index (χ4n) is 2.22. The number of aliphatic hydroxyl groups excluding tert-OH is 1. The minimum Gasteiger partial charge on any atom is -0.391 e. The second-order valence-corrected chi connectivity index (χ2v) is 6.45. The molecule has 1 aliphatic carbocycles. The molecule has 0 amide bonds. The van der Waals surface area contributed by atoms with Crippen LogP contribution in [0, 0.1) is 6.92 Å². The molecule has 1 heterocycles. The number of nitrogens with zero attached hydrogens (tertiary/aromatic N) is 1. The predicted molar refractivity (Wildman–Crippen MR) is 66.5 cm³/mol. The highest BCUT2D eigenvalue weighted by Crippen LogP contribution is 2.19. The first-order valence-electron chi connectivity index (χ1n) is 6.21. The summed E-state index contributed by atoms with van der Waals surface area (Å²) in [5.41, 5.74) is 0. The van der Waals surface area contributed by atoms with Crippen molar-refractivity contribution in [3.05, 3.63) is 12.0 Å². The highest BCUT2D eigenvalue weighted by atomic mass is 32.2. The smallest absolute Gasteiger partial charge is 0.257 e. The van der Waals surface area contributed by atoms with Gasteiger partial charge in [-0.15, -0.1) is 0 Å². The van der Waals surface area contributed by atoms with Crippen LogP contribution in [0.1, 0.15) is 37.9 Å². The lowest BCUT2D eigenvalue weighted by Crippen LogP contribution is -2.42. The summed E-state index contributed by atoms with van der Waals surface area (Å²) in [7, 11) is -3.62. The lowest BCUT2D eigenvalue weighted by atomic mass is 10.1. The van der Waals surface area contributed by atoms with Crippen LogP contribution < -0.4 is 4.72 Å². The van der Waals surface area contributed by atoms with Crippen LogP contribution in [0.15, 0.2) is 11.2 Å². The Bertz CT molecular complexity index is 497. The van der Waals surface area contributed by atoms with Gasteiger partial charge in [-0.3, -0.25) is 0 Å². The summed E-state index contributed by atoms with van der Waals surface area (Å²) in [4.78, 5) is 6.57. The number of H-pyrrole nitrogens is 1. The fraction of sp³-hybridized carbons (Fsp3) is 0.727. The Balaban J connectivity index is 2.11. The molecule has 1 aliphatic rings. The van der Waals surface area contributed by atoms with E-state index in [9.17, 15) is 13.5 Å². The number of rotatable bonds is 3. The maximum absolute atomic E-state index is 12.1. The van der Waals surface area contributed by atoms with E-state index in [4.69, 9.17) is 0 Å². The summed E-state index contributed by atoms with van der Waals surface area (Å²) >= 11 is 0. The SMILES string of the molecule is Cc1ncc(S(=O)(=O)NC2CCCCCC2O)[nH]1. The number of sulfonamides is 1. The summed E-state index contributed by atoms with van der Waals surface area (Å²) in [6, 6.07) is -0.402. The van der Waals surface area contributed by atoms with Gasteiger partial charge in [-0.1, -0.05) is 19.3 Å². The van der Waals surface area contributed by atoms with E-state index < -0.39 is 22.2 Å². The Morgan fingerprint density at radius 1 is 1.39 bits per heavy atom. The van der Waals surface area contributed by atoms with E-state index in [1.54, 1.807) is 6.92 Å². The molecular weight excluding hydrogens is 254 g/mol. The molecule has 7 heteroatoms. The normalized spacial score (nSPS) is 25.9. The first kappa shape index (κ1) is 13.5. The molecule has 0 aromatic carbocycles. The highest BCUT2D eigenvalue weighted by Gasteiger charge is 2.27. The monoisotopic (exact) mass is 273 g/mol. The molecule has 0 bridgehead atoms. The second-order valence-electron chi connectivity index (χ2n) is 4.77. The molecule has 1 aromatic heterocycles. The Morgan fingerprint density at radius 2 is 2.11 bits per heavy atom. The first-order valence-corrected chi connectivity index (χ1v) is 7.69. The zero-order valence-electron chi connectivity index (χ0n) is 10.4. The van der Waals surface area contributed by atoms with Crippen LogP contribution in [0.2, 0.25) is 0 Å².